The second kappa shape index (κ2) is 9.16. The zero-order chi connectivity index (χ0) is 17.5. The van der Waals surface area contributed by atoms with Crippen LogP contribution in [0.3, 0.4) is 0 Å². The van der Waals surface area contributed by atoms with Crippen molar-refractivity contribution in [3.63, 3.8) is 0 Å². The third-order valence-electron chi connectivity index (χ3n) is 5.22. The van der Waals surface area contributed by atoms with Gasteiger partial charge in [0.25, 0.3) is 0 Å². The molecule has 1 amide bonds. The molecule has 134 valence electrons. The lowest BCUT2D eigenvalue weighted by Gasteiger charge is -2.29. The Bertz CT molecular complexity index is 509. The van der Waals surface area contributed by atoms with Crippen molar-refractivity contribution in [2.24, 2.45) is 17.8 Å². The minimum Gasteiger partial charge on any atom is -0.353 e. The van der Waals surface area contributed by atoms with Gasteiger partial charge in [0.2, 0.25) is 5.91 Å². The lowest BCUT2D eigenvalue weighted by atomic mass is 9.84. The van der Waals surface area contributed by atoms with Crippen LogP contribution in [0, 0.1) is 23.6 Å². The zero-order valence-corrected chi connectivity index (χ0v) is 15.1. The van der Waals surface area contributed by atoms with Gasteiger partial charge < -0.3 is 10.6 Å². The molecule has 0 radical (unpaired) electrons. The number of rotatable bonds is 7. The number of amides is 1. The molecule has 24 heavy (non-hydrogen) atoms. The molecule has 0 aliphatic carbocycles. The van der Waals surface area contributed by atoms with E-state index in [1.807, 2.05) is 0 Å². The van der Waals surface area contributed by atoms with E-state index in [9.17, 15) is 9.18 Å². The van der Waals surface area contributed by atoms with Gasteiger partial charge in [-0.25, -0.2) is 4.39 Å². The quantitative estimate of drug-likeness (QED) is 0.801. The standard InChI is InChI=1S/C20H31FN2O/c1-14(2)19(13-16-4-6-18(21)7-5-16)23-20(24)12-15(3)17-8-10-22-11-9-17/h4-7,14-15,17,19,22H,8-13H2,1-3H3,(H,23,24). The Morgan fingerprint density at radius 1 is 1.21 bits per heavy atom. The van der Waals surface area contributed by atoms with Gasteiger partial charge in [0.1, 0.15) is 5.82 Å². The number of carbonyl (C=O) groups excluding carboxylic acids is 1. The first-order chi connectivity index (χ1) is 11.5. The van der Waals surface area contributed by atoms with Crippen molar-refractivity contribution < 1.29 is 9.18 Å². The van der Waals surface area contributed by atoms with Gasteiger partial charge in [-0.2, -0.15) is 0 Å². The van der Waals surface area contributed by atoms with Gasteiger partial charge in [0, 0.05) is 12.5 Å². The molecule has 1 aliphatic rings. The fourth-order valence-corrected chi connectivity index (χ4v) is 3.47. The molecule has 0 aromatic heterocycles. The average molecular weight is 334 g/mol. The summed E-state index contributed by atoms with van der Waals surface area (Å²) in [6.45, 7) is 8.56. The lowest BCUT2D eigenvalue weighted by molar-refractivity contribution is -0.123. The highest BCUT2D eigenvalue weighted by Gasteiger charge is 2.24. The number of hydrogen-bond acceptors (Lipinski definition) is 2. The molecule has 0 spiro atoms. The van der Waals surface area contributed by atoms with Crippen molar-refractivity contribution in [1.29, 1.82) is 0 Å². The topological polar surface area (TPSA) is 41.1 Å². The van der Waals surface area contributed by atoms with Crippen molar-refractivity contribution in [2.75, 3.05) is 13.1 Å². The van der Waals surface area contributed by atoms with Crippen molar-refractivity contribution in [1.82, 2.24) is 10.6 Å². The molecular formula is C20H31FN2O. The maximum atomic E-state index is 13.0. The average Bonchev–Trinajstić information content (AvgIpc) is 2.56. The molecule has 3 nitrogen and oxygen atoms in total. The maximum absolute atomic E-state index is 13.0. The molecule has 2 N–H and O–H groups in total. The van der Waals surface area contributed by atoms with Crippen LogP contribution in [0.4, 0.5) is 4.39 Å². The van der Waals surface area contributed by atoms with E-state index in [1.54, 1.807) is 12.1 Å². The van der Waals surface area contributed by atoms with E-state index in [1.165, 1.54) is 12.1 Å². The molecule has 1 aliphatic heterocycles. The Hall–Kier alpha value is -1.42. The van der Waals surface area contributed by atoms with Crippen LogP contribution >= 0.6 is 0 Å². The van der Waals surface area contributed by atoms with Gasteiger partial charge in [-0.3, -0.25) is 4.79 Å². The Morgan fingerprint density at radius 3 is 2.42 bits per heavy atom. The Kier molecular flexibility index (Phi) is 7.22. The van der Waals surface area contributed by atoms with E-state index < -0.39 is 0 Å². The number of piperidine rings is 1. The van der Waals surface area contributed by atoms with E-state index in [2.05, 4.69) is 31.4 Å². The Morgan fingerprint density at radius 2 is 1.83 bits per heavy atom. The number of halogens is 1. The molecule has 2 atom stereocenters. The molecule has 0 bridgehead atoms. The predicted octanol–water partition coefficient (Wildman–Crippen LogP) is 3.53. The first kappa shape index (κ1) is 18.9. The van der Waals surface area contributed by atoms with E-state index >= 15 is 0 Å². The molecule has 2 unspecified atom stereocenters. The third-order valence-corrected chi connectivity index (χ3v) is 5.22. The monoisotopic (exact) mass is 334 g/mol. The molecule has 1 fully saturated rings. The van der Waals surface area contributed by atoms with E-state index in [0.29, 0.717) is 24.2 Å². The molecular weight excluding hydrogens is 303 g/mol. The Labute approximate surface area is 145 Å². The van der Waals surface area contributed by atoms with E-state index in [0.717, 1.165) is 37.9 Å². The third kappa shape index (κ3) is 5.90. The summed E-state index contributed by atoms with van der Waals surface area (Å²) in [5.74, 6) is 1.33. The number of hydrogen-bond donors (Lipinski definition) is 2. The van der Waals surface area contributed by atoms with Gasteiger partial charge in [-0.15, -0.1) is 0 Å². The highest BCUT2D eigenvalue weighted by atomic mass is 19.1. The molecule has 1 saturated heterocycles. The van der Waals surface area contributed by atoms with Gasteiger partial charge >= 0.3 is 0 Å². The summed E-state index contributed by atoms with van der Waals surface area (Å²) in [4.78, 5) is 12.5. The summed E-state index contributed by atoms with van der Waals surface area (Å²) in [5, 5.41) is 6.58. The summed E-state index contributed by atoms with van der Waals surface area (Å²) in [7, 11) is 0. The van der Waals surface area contributed by atoms with Crippen LogP contribution in [0.25, 0.3) is 0 Å². The van der Waals surface area contributed by atoms with Crippen LogP contribution in [0.2, 0.25) is 0 Å². The molecule has 4 heteroatoms. The molecule has 1 aromatic carbocycles. The molecule has 0 saturated carbocycles. The number of nitrogens with one attached hydrogen (secondary N) is 2. The van der Waals surface area contributed by atoms with Crippen molar-refractivity contribution in [3.05, 3.63) is 35.6 Å². The fourth-order valence-electron chi connectivity index (χ4n) is 3.47. The lowest BCUT2D eigenvalue weighted by Crippen LogP contribution is -2.41. The SMILES string of the molecule is CC(C)C(Cc1ccc(F)cc1)NC(=O)CC(C)C1CCNCC1. The van der Waals surface area contributed by atoms with E-state index in [-0.39, 0.29) is 17.8 Å². The Balaban J connectivity index is 1.86. The maximum Gasteiger partial charge on any atom is 0.220 e. The fraction of sp³-hybridized carbons (Fsp3) is 0.650. The first-order valence-corrected chi connectivity index (χ1v) is 9.20. The number of carbonyl (C=O) groups is 1. The van der Waals surface area contributed by atoms with Crippen molar-refractivity contribution in [3.8, 4) is 0 Å². The summed E-state index contributed by atoms with van der Waals surface area (Å²) in [6.07, 6.45) is 3.66. The summed E-state index contributed by atoms with van der Waals surface area (Å²) in [5.41, 5.74) is 1.06. The minimum absolute atomic E-state index is 0.0863. The molecule has 1 heterocycles. The van der Waals surface area contributed by atoms with Crippen LogP contribution in [0.1, 0.15) is 45.6 Å². The van der Waals surface area contributed by atoms with Crippen molar-refractivity contribution in [2.45, 2.75) is 52.5 Å². The predicted molar refractivity (Wildman–Crippen MR) is 96.2 cm³/mol. The molecule has 1 aromatic rings. The molecule has 2 rings (SSSR count). The van der Waals surface area contributed by atoms with Crippen LogP contribution in [-0.2, 0) is 11.2 Å². The minimum atomic E-state index is -0.223. The van der Waals surface area contributed by atoms with Gasteiger partial charge in [-0.05, 0) is 67.8 Å². The highest BCUT2D eigenvalue weighted by molar-refractivity contribution is 5.76. The largest absolute Gasteiger partial charge is 0.353 e. The first-order valence-electron chi connectivity index (χ1n) is 9.20. The number of benzene rings is 1. The van der Waals surface area contributed by atoms with E-state index in [4.69, 9.17) is 0 Å². The van der Waals surface area contributed by atoms with Crippen LogP contribution in [0.15, 0.2) is 24.3 Å². The van der Waals surface area contributed by atoms with Crippen molar-refractivity contribution >= 4 is 5.91 Å². The normalized spacial score (nSPS) is 18.4. The summed E-state index contributed by atoms with van der Waals surface area (Å²) >= 11 is 0. The van der Waals surface area contributed by atoms with Crippen LogP contribution in [0.5, 0.6) is 0 Å². The zero-order valence-electron chi connectivity index (χ0n) is 15.1. The summed E-state index contributed by atoms with van der Waals surface area (Å²) in [6, 6.07) is 6.65. The van der Waals surface area contributed by atoms with Gasteiger partial charge in [0.15, 0.2) is 0 Å². The second-order valence-corrected chi connectivity index (χ2v) is 7.52. The van der Waals surface area contributed by atoms with Crippen LogP contribution < -0.4 is 10.6 Å². The second-order valence-electron chi connectivity index (χ2n) is 7.52. The highest BCUT2D eigenvalue weighted by Crippen LogP contribution is 2.24. The summed E-state index contributed by atoms with van der Waals surface area (Å²) < 4.78 is 13.0. The smallest absolute Gasteiger partial charge is 0.220 e. The van der Waals surface area contributed by atoms with Gasteiger partial charge in [0.05, 0.1) is 0 Å². The van der Waals surface area contributed by atoms with Crippen LogP contribution in [-0.4, -0.2) is 25.0 Å². The van der Waals surface area contributed by atoms with Gasteiger partial charge in [-0.1, -0.05) is 32.9 Å².